The van der Waals surface area contributed by atoms with Crippen LogP contribution in [0.3, 0.4) is 0 Å². The molecule has 0 spiro atoms. The molecular weight excluding hydrogens is 252 g/mol. The van der Waals surface area contributed by atoms with E-state index < -0.39 is 0 Å². The summed E-state index contributed by atoms with van der Waals surface area (Å²) in [6, 6.07) is 11.3. The van der Waals surface area contributed by atoms with Gasteiger partial charge in [-0.05, 0) is 19.3 Å². The molecule has 1 aromatic carbocycles. The molecule has 19 heavy (non-hydrogen) atoms. The van der Waals surface area contributed by atoms with E-state index >= 15 is 0 Å². The number of thiazole rings is 1. The number of nitrogens with one attached hydrogen (secondary N) is 1. The van der Waals surface area contributed by atoms with E-state index in [0.717, 1.165) is 30.4 Å². The molecule has 0 saturated heterocycles. The van der Waals surface area contributed by atoms with Crippen LogP contribution < -0.4 is 5.32 Å². The molecule has 0 aliphatic heterocycles. The van der Waals surface area contributed by atoms with E-state index in [4.69, 9.17) is 4.98 Å². The molecule has 1 fully saturated rings. The molecule has 0 radical (unpaired) electrons. The maximum Gasteiger partial charge on any atom is 0.123 e. The highest BCUT2D eigenvalue weighted by Crippen LogP contribution is 2.29. The second-order valence-corrected chi connectivity index (χ2v) is 6.24. The minimum Gasteiger partial charge on any atom is -0.309 e. The summed E-state index contributed by atoms with van der Waals surface area (Å²) in [5.74, 6) is 0. The van der Waals surface area contributed by atoms with Crippen molar-refractivity contribution in [3.63, 3.8) is 0 Å². The maximum atomic E-state index is 4.85. The summed E-state index contributed by atoms with van der Waals surface area (Å²) in [4.78, 5) is 6.27. The third-order valence-corrected chi connectivity index (χ3v) is 4.56. The summed E-state index contributed by atoms with van der Waals surface area (Å²) in [5.41, 5.74) is 2.53. The van der Waals surface area contributed by atoms with Gasteiger partial charge in [-0.25, -0.2) is 4.98 Å². The van der Waals surface area contributed by atoms with Gasteiger partial charge in [0.2, 0.25) is 0 Å². The lowest BCUT2D eigenvalue weighted by atomic mass is 10.2. The van der Waals surface area contributed by atoms with Gasteiger partial charge in [-0.15, -0.1) is 11.3 Å². The van der Waals surface area contributed by atoms with E-state index in [0.29, 0.717) is 0 Å². The van der Waals surface area contributed by atoms with Gasteiger partial charge in [0.05, 0.1) is 5.69 Å². The Morgan fingerprint density at radius 3 is 2.74 bits per heavy atom. The van der Waals surface area contributed by atoms with Crippen LogP contribution in [0.5, 0.6) is 0 Å². The summed E-state index contributed by atoms with van der Waals surface area (Å²) >= 11 is 1.85. The van der Waals surface area contributed by atoms with E-state index in [1.165, 1.54) is 29.0 Å². The summed E-state index contributed by atoms with van der Waals surface area (Å²) < 4.78 is 0. The molecule has 0 bridgehead atoms. The molecule has 2 aromatic rings. The number of hydrogen-bond acceptors (Lipinski definition) is 3. The molecule has 2 nitrogen and oxygen atoms in total. The SMILES string of the molecule is CCCc1nc(-c2ccccc2)sc1CNC1CC1. The first-order chi connectivity index (χ1) is 9.36. The average molecular weight is 272 g/mol. The van der Waals surface area contributed by atoms with Gasteiger partial charge < -0.3 is 5.32 Å². The van der Waals surface area contributed by atoms with Crippen LogP contribution in [0.2, 0.25) is 0 Å². The number of aromatic nitrogens is 1. The molecular formula is C16H20N2S. The van der Waals surface area contributed by atoms with Gasteiger partial charge in [-0.2, -0.15) is 0 Å². The zero-order valence-electron chi connectivity index (χ0n) is 11.4. The second kappa shape index (κ2) is 5.85. The predicted octanol–water partition coefficient (Wildman–Crippen LogP) is 4.01. The average Bonchev–Trinajstić information content (AvgIpc) is 3.19. The molecule has 0 unspecified atom stereocenters. The molecule has 1 saturated carbocycles. The Morgan fingerprint density at radius 1 is 1.26 bits per heavy atom. The summed E-state index contributed by atoms with van der Waals surface area (Å²) in [5, 5.41) is 4.77. The summed E-state index contributed by atoms with van der Waals surface area (Å²) in [6.07, 6.45) is 4.93. The number of aryl methyl sites for hydroxylation is 1. The zero-order chi connectivity index (χ0) is 13.1. The predicted molar refractivity (Wildman–Crippen MR) is 81.4 cm³/mol. The Hall–Kier alpha value is -1.19. The van der Waals surface area contributed by atoms with Crippen molar-refractivity contribution in [2.24, 2.45) is 0 Å². The lowest BCUT2D eigenvalue weighted by Gasteiger charge is -2.01. The molecule has 0 atom stereocenters. The van der Waals surface area contributed by atoms with E-state index in [9.17, 15) is 0 Å². The lowest BCUT2D eigenvalue weighted by Crippen LogP contribution is -2.15. The van der Waals surface area contributed by atoms with Crippen LogP contribution >= 0.6 is 11.3 Å². The van der Waals surface area contributed by atoms with E-state index in [1.807, 2.05) is 11.3 Å². The quantitative estimate of drug-likeness (QED) is 0.859. The molecule has 1 aliphatic carbocycles. The minimum absolute atomic E-state index is 0.761. The van der Waals surface area contributed by atoms with Crippen molar-refractivity contribution in [3.05, 3.63) is 40.9 Å². The molecule has 1 aromatic heterocycles. The highest BCUT2D eigenvalue weighted by molar-refractivity contribution is 7.15. The van der Waals surface area contributed by atoms with Gasteiger partial charge in [-0.3, -0.25) is 0 Å². The first-order valence-electron chi connectivity index (χ1n) is 7.14. The fourth-order valence-electron chi connectivity index (χ4n) is 2.18. The normalized spacial score (nSPS) is 14.8. The standard InChI is InChI=1S/C16H20N2S/c1-2-6-14-15(11-17-13-9-10-13)19-16(18-14)12-7-4-3-5-8-12/h3-5,7-8,13,17H,2,6,9-11H2,1H3. The van der Waals surface area contributed by atoms with Crippen molar-refractivity contribution < 1.29 is 0 Å². The van der Waals surface area contributed by atoms with Crippen LogP contribution in [0.25, 0.3) is 10.6 Å². The van der Waals surface area contributed by atoms with Crippen LogP contribution in [0.15, 0.2) is 30.3 Å². The van der Waals surface area contributed by atoms with Crippen molar-refractivity contribution in [3.8, 4) is 10.6 Å². The summed E-state index contributed by atoms with van der Waals surface area (Å²) in [6.45, 7) is 3.21. The zero-order valence-corrected chi connectivity index (χ0v) is 12.2. The van der Waals surface area contributed by atoms with E-state index in [2.05, 4.69) is 42.6 Å². The molecule has 3 rings (SSSR count). The Labute approximate surface area is 118 Å². The smallest absolute Gasteiger partial charge is 0.123 e. The molecule has 1 heterocycles. The molecule has 3 heteroatoms. The van der Waals surface area contributed by atoms with Crippen molar-refractivity contribution >= 4 is 11.3 Å². The molecule has 100 valence electrons. The fraction of sp³-hybridized carbons (Fsp3) is 0.438. The van der Waals surface area contributed by atoms with Crippen LogP contribution in [-0.4, -0.2) is 11.0 Å². The Kier molecular flexibility index (Phi) is 3.95. The third kappa shape index (κ3) is 3.23. The molecule has 0 amide bonds. The first-order valence-corrected chi connectivity index (χ1v) is 7.96. The van der Waals surface area contributed by atoms with Crippen molar-refractivity contribution in [2.45, 2.75) is 45.2 Å². The van der Waals surface area contributed by atoms with Crippen LogP contribution in [-0.2, 0) is 13.0 Å². The van der Waals surface area contributed by atoms with Gasteiger partial charge >= 0.3 is 0 Å². The van der Waals surface area contributed by atoms with Crippen LogP contribution in [0, 0.1) is 0 Å². The Balaban J connectivity index is 1.82. The van der Waals surface area contributed by atoms with Crippen molar-refractivity contribution in [2.75, 3.05) is 0 Å². The monoisotopic (exact) mass is 272 g/mol. The number of nitrogens with zero attached hydrogens (tertiary/aromatic N) is 1. The van der Waals surface area contributed by atoms with Gasteiger partial charge in [0, 0.05) is 23.0 Å². The van der Waals surface area contributed by atoms with Crippen LogP contribution in [0.4, 0.5) is 0 Å². The topological polar surface area (TPSA) is 24.9 Å². The van der Waals surface area contributed by atoms with Crippen molar-refractivity contribution in [1.82, 2.24) is 10.3 Å². The fourth-order valence-corrected chi connectivity index (χ4v) is 3.25. The van der Waals surface area contributed by atoms with Crippen LogP contribution in [0.1, 0.15) is 36.8 Å². The van der Waals surface area contributed by atoms with Gasteiger partial charge in [-0.1, -0.05) is 43.7 Å². The van der Waals surface area contributed by atoms with E-state index in [1.54, 1.807) is 0 Å². The molecule has 1 N–H and O–H groups in total. The largest absolute Gasteiger partial charge is 0.309 e. The third-order valence-electron chi connectivity index (χ3n) is 3.41. The van der Waals surface area contributed by atoms with Gasteiger partial charge in [0.15, 0.2) is 0 Å². The first kappa shape index (κ1) is 12.8. The Morgan fingerprint density at radius 2 is 2.05 bits per heavy atom. The van der Waals surface area contributed by atoms with E-state index in [-0.39, 0.29) is 0 Å². The second-order valence-electron chi connectivity index (χ2n) is 5.16. The number of benzene rings is 1. The lowest BCUT2D eigenvalue weighted by molar-refractivity contribution is 0.686. The van der Waals surface area contributed by atoms with Crippen molar-refractivity contribution in [1.29, 1.82) is 0 Å². The molecule has 1 aliphatic rings. The number of hydrogen-bond donors (Lipinski definition) is 1. The minimum atomic E-state index is 0.761. The highest BCUT2D eigenvalue weighted by Gasteiger charge is 2.21. The van der Waals surface area contributed by atoms with Gasteiger partial charge in [0.25, 0.3) is 0 Å². The summed E-state index contributed by atoms with van der Waals surface area (Å²) in [7, 11) is 0. The Bertz CT molecular complexity index is 529. The van der Waals surface area contributed by atoms with Gasteiger partial charge in [0.1, 0.15) is 5.01 Å². The highest BCUT2D eigenvalue weighted by atomic mass is 32.1. The number of rotatable bonds is 6. The maximum absolute atomic E-state index is 4.85.